The molecule has 0 aliphatic carbocycles. The maximum atomic E-state index is 12.7. The molecule has 2 heterocycles. The van der Waals surface area contributed by atoms with Crippen molar-refractivity contribution < 1.29 is 14.3 Å². The first kappa shape index (κ1) is 18.8. The summed E-state index contributed by atoms with van der Waals surface area (Å²) in [5.41, 5.74) is 1.74. The Kier molecular flexibility index (Phi) is 5.11. The molecular formula is C18H25N5O4. The number of aromatic nitrogens is 2. The second-order valence-electron chi connectivity index (χ2n) is 6.70. The van der Waals surface area contributed by atoms with Gasteiger partial charge in [0.05, 0.1) is 29.7 Å². The molecular weight excluding hydrogens is 350 g/mol. The third-order valence-corrected chi connectivity index (χ3v) is 5.03. The number of fused-ring (bicyclic) bond motifs is 1. The summed E-state index contributed by atoms with van der Waals surface area (Å²) in [5, 5.41) is 5.65. The van der Waals surface area contributed by atoms with Gasteiger partial charge in [0.1, 0.15) is 5.75 Å². The average molecular weight is 375 g/mol. The van der Waals surface area contributed by atoms with Crippen molar-refractivity contribution in [2.24, 2.45) is 20.0 Å². The summed E-state index contributed by atoms with van der Waals surface area (Å²) in [6.45, 7) is 3.35. The molecule has 3 amide bonds. The van der Waals surface area contributed by atoms with E-state index in [-0.39, 0.29) is 23.5 Å². The smallest absolute Gasteiger partial charge is 0.328 e. The Bertz CT molecular complexity index is 945. The molecule has 0 unspecified atom stereocenters. The number of hydrogen-bond donors (Lipinski definition) is 2. The number of likely N-dealkylation sites (tertiary alicyclic amines) is 1. The summed E-state index contributed by atoms with van der Waals surface area (Å²) in [7, 11) is 4.88. The third kappa shape index (κ3) is 3.36. The summed E-state index contributed by atoms with van der Waals surface area (Å²) in [6, 6.07) is 3.17. The van der Waals surface area contributed by atoms with Crippen molar-refractivity contribution in [3.63, 3.8) is 0 Å². The zero-order valence-electron chi connectivity index (χ0n) is 16.0. The third-order valence-electron chi connectivity index (χ3n) is 5.03. The van der Waals surface area contributed by atoms with Gasteiger partial charge in [0, 0.05) is 39.8 Å². The van der Waals surface area contributed by atoms with Crippen LogP contribution in [-0.2, 0) is 18.9 Å². The van der Waals surface area contributed by atoms with Crippen molar-refractivity contribution >= 4 is 28.7 Å². The predicted octanol–water partition coefficient (Wildman–Crippen LogP) is 0.875. The molecule has 1 aromatic carbocycles. The van der Waals surface area contributed by atoms with Gasteiger partial charge in [0.25, 0.3) is 0 Å². The molecule has 1 saturated heterocycles. The van der Waals surface area contributed by atoms with Gasteiger partial charge >= 0.3 is 11.7 Å². The molecule has 2 N–H and O–H groups in total. The number of ether oxygens (including phenoxy) is 1. The van der Waals surface area contributed by atoms with Crippen LogP contribution in [0.2, 0.25) is 0 Å². The lowest BCUT2D eigenvalue weighted by Gasteiger charge is -2.18. The average Bonchev–Trinajstić information content (AvgIpc) is 3.23. The second kappa shape index (κ2) is 7.34. The minimum Gasteiger partial charge on any atom is -0.494 e. The van der Waals surface area contributed by atoms with Crippen LogP contribution in [0.25, 0.3) is 11.0 Å². The Morgan fingerprint density at radius 1 is 1.22 bits per heavy atom. The van der Waals surface area contributed by atoms with Crippen LogP contribution in [0, 0.1) is 5.92 Å². The molecule has 1 aliphatic heterocycles. The number of methoxy groups -OCH3 is 1. The molecule has 3 rings (SSSR count). The van der Waals surface area contributed by atoms with Crippen LogP contribution in [0.5, 0.6) is 5.75 Å². The number of amides is 3. The van der Waals surface area contributed by atoms with E-state index in [1.165, 1.54) is 16.2 Å². The topological polar surface area (TPSA) is 97.6 Å². The van der Waals surface area contributed by atoms with E-state index in [0.29, 0.717) is 43.0 Å². The number of urea groups is 1. The Labute approximate surface area is 156 Å². The molecule has 2 aromatic rings. The van der Waals surface area contributed by atoms with Gasteiger partial charge in [-0.15, -0.1) is 0 Å². The molecule has 1 aromatic heterocycles. The summed E-state index contributed by atoms with van der Waals surface area (Å²) in [6.07, 6.45) is 0.641. The van der Waals surface area contributed by atoms with Crippen LogP contribution in [0.1, 0.15) is 13.3 Å². The van der Waals surface area contributed by atoms with Crippen molar-refractivity contribution in [3.8, 4) is 5.75 Å². The van der Waals surface area contributed by atoms with Crippen molar-refractivity contribution in [1.82, 2.24) is 19.4 Å². The van der Waals surface area contributed by atoms with E-state index in [2.05, 4.69) is 10.6 Å². The first-order valence-corrected chi connectivity index (χ1v) is 8.94. The van der Waals surface area contributed by atoms with Crippen molar-refractivity contribution in [2.75, 3.05) is 32.1 Å². The molecule has 9 heteroatoms. The number of anilines is 1. The van der Waals surface area contributed by atoms with Crippen molar-refractivity contribution in [2.45, 2.75) is 13.3 Å². The molecule has 0 spiro atoms. The highest BCUT2D eigenvalue weighted by atomic mass is 16.5. The molecule has 1 fully saturated rings. The van der Waals surface area contributed by atoms with Crippen molar-refractivity contribution in [1.29, 1.82) is 0 Å². The van der Waals surface area contributed by atoms with Crippen LogP contribution in [0.3, 0.4) is 0 Å². The van der Waals surface area contributed by atoms with Gasteiger partial charge in [-0.25, -0.2) is 9.59 Å². The zero-order valence-corrected chi connectivity index (χ0v) is 16.0. The van der Waals surface area contributed by atoms with E-state index in [4.69, 9.17) is 4.74 Å². The number of carbonyl (C=O) groups excluding carboxylic acids is 2. The van der Waals surface area contributed by atoms with Crippen LogP contribution in [0.15, 0.2) is 16.9 Å². The molecule has 1 aliphatic rings. The van der Waals surface area contributed by atoms with Gasteiger partial charge in [-0.05, 0) is 19.4 Å². The first-order valence-electron chi connectivity index (χ1n) is 8.94. The maximum Gasteiger partial charge on any atom is 0.328 e. The Morgan fingerprint density at radius 2 is 1.89 bits per heavy atom. The summed E-state index contributed by atoms with van der Waals surface area (Å²) < 4.78 is 8.44. The summed E-state index contributed by atoms with van der Waals surface area (Å²) in [4.78, 5) is 38.4. The molecule has 1 atom stereocenters. The van der Waals surface area contributed by atoms with Crippen LogP contribution in [-0.4, -0.2) is 52.7 Å². The SMILES string of the molecule is CCNC(=O)[C@@H]1CCN(C(=O)Nc2cc3c(cc2OC)n(C)c(=O)n3C)C1. The van der Waals surface area contributed by atoms with E-state index in [1.54, 1.807) is 31.1 Å². The van der Waals surface area contributed by atoms with E-state index < -0.39 is 0 Å². The van der Waals surface area contributed by atoms with E-state index in [0.717, 1.165) is 5.52 Å². The number of carbonyl (C=O) groups is 2. The Hall–Kier alpha value is -2.97. The summed E-state index contributed by atoms with van der Waals surface area (Å²) >= 11 is 0. The lowest BCUT2D eigenvalue weighted by atomic mass is 10.1. The zero-order chi connectivity index (χ0) is 19.7. The molecule has 0 radical (unpaired) electrons. The molecule has 27 heavy (non-hydrogen) atoms. The normalized spacial score (nSPS) is 16.6. The number of rotatable bonds is 4. The number of nitrogens with one attached hydrogen (secondary N) is 2. The number of hydrogen-bond acceptors (Lipinski definition) is 4. The second-order valence-corrected chi connectivity index (χ2v) is 6.70. The quantitative estimate of drug-likeness (QED) is 0.829. The standard InChI is InChI=1S/C18H25N5O4/c1-5-19-16(24)11-6-7-23(10-11)17(25)20-12-8-13-14(9-15(12)27-4)22(3)18(26)21(13)2/h8-9,11H,5-7,10H2,1-4H3,(H,19,24)(H,20,25)/t11-/m1/s1. The number of aryl methyl sites for hydroxylation is 2. The van der Waals surface area contributed by atoms with E-state index in [9.17, 15) is 14.4 Å². The Balaban J connectivity index is 1.82. The predicted molar refractivity (Wildman–Crippen MR) is 102 cm³/mol. The highest BCUT2D eigenvalue weighted by Gasteiger charge is 2.31. The fourth-order valence-corrected chi connectivity index (χ4v) is 3.46. The molecule has 9 nitrogen and oxygen atoms in total. The largest absolute Gasteiger partial charge is 0.494 e. The molecule has 146 valence electrons. The van der Waals surface area contributed by atoms with Gasteiger partial charge in [-0.1, -0.05) is 0 Å². The minimum absolute atomic E-state index is 0.0221. The van der Waals surface area contributed by atoms with Crippen molar-refractivity contribution in [3.05, 3.63) is 22.6 Å². The lowest BCUT2D eigenvalue weighted by molar-refractivity contribution is -0.124. The van der Waals surface area contributed by atoms with Crippen LogP contribution in [0.4, 0.5) is 10.5 Å². The first-order chi connectivity index (χ1) is 12.9. The van der Waals surface area contributed by atoms with Gasteiger partial charge in [-0.3, -0.25) is 13.9 Å². The van der Waals surface area contributed by atoms with E-state index in [1.807, 2.05) is 6.92 Å². The van der Waals surface area contributed by atoms with Gasteiger partial charge in [-0.2, -0.15) is 0 Å². The molecule has 0 saturated carbocycles. The molecule has 0 bridgehead atoms. The number of nitrogens with zero attached hydrogens (tertiary/aromatic N) is 3. The van der Waals surface area contributed by atoms with Gasteiger partial charge in [0.2, 0.25) is 5.91 Å². The van der Waals surface area contributed by atoms with E-state index >= 15 is 0 Å². The van der Waals surface area contributed by atoms with Crippen LogP contribution < -0.4 is 21.1 Å². The fraction of sp³-hybridized carbons (Fsp3) is 0.500. The van der Waals surface area contributed by atoms with Crippen LogP contribution >= 0.6 is 0 Å². The van der Waals surface area contributed by atoms with Gasteiger partial charge in [0.15, 0.2) is 0 Å². The minimum atomic E-state index is -0.291. The highest BCUT2D eigenvalue weighted by molar-refractivity contribution is 5.95. The summed E-state index contributed by atoms with van der Waals surface area (Å²) in [5.74, 6) is 0.262. The highest BCUT2D eigenvalue weighted by Crippen LogP contribution is 2.30. The number of imidazole rings is 1. The fourth-order valence-electron chi connectivity index (χ4n) is 3.46. The lowest BCUT2D eigenvalue weighted by Crippen LogP contribution is -2.36. The Morgan fingerprint density at radius 3 is 2.52 bits per heavy atom. The maximum absolute atomic E-state index is 12.7. The monoisotopic (exact) mass is 375 g/mol. The van der Waals surface area contributed by atoms with Gasteiger partial charge < -0.3 is 20.3 Å². The number of benzene rings is 1.